The van der Waals surface area contributed by atoms with Crippen LogP contribution in [0.15, 0.2) is 12.2 Å². The van der Waals surface area contributed by atoms with E-state index in [1.165, 1.54) is 5.57 Å². The van der Waals surface area contributed by atoms with Crippen molar-refractivity contribution in [1.82, 2.24) is 0 Å². The molecule has 1 nitrogen and oxygen atoms in total. The van der Waals surface area contributed by atoms with Gasteiger partial charge in [-0.15, -0.1) is 6.58 Å². The maximum atomic E-state index is 11.0. The van der Waals surface area contributed by atoms with Crippen molar-refractivity contribution in [2.45, 2.75) is 40.0 Å². The van der Waals surface area contributed by atoms with E-state index in [1.807, 2.05) is 13.8 Å². The Morgan fingerprint density at radius 2 is 2.00 bits per heavy atom. The van der Waals surface area contributed by atoms with Crippen molar-refractivity contribution in [3.8, 4) is 0 Å². The molecule has 0 aromatic rings. The van der Waals surface area contributed by atoms with Gasteiger partial charge >= 0.3 is 0 Å². The Morgan fingerprint density at radius 3 is 2.36 bits per heavy atom. The molecule has 0 aliphatic carbocycles. The van der Waals surface area contributed by atoms with Crippen LogP contribution in [0.3, 0.4) is 0 Å². The number of allylic oxidation sites excluding steroid dienone is 1. The van der Waals surface area contributed by atoms with E-state index < -0.39 is 0 Å². The van der Waals surface area contributed by atoms with Gasteiger partial charge in [-0.2, -0.15) is 0 Å². The number of hydrogen-bond acceptors (Lipinski definition) is 1. The fourth-order valence-electron chi connectivity index (χ4n) is 1.20. The lowest BCUT2D eigenvalue weighted by Crippen LogP contribution is -2.04. The van der Waals surface area contributed by atoms with Gasteiger partial charge in [-0.25, -0.2) is 0 Å². The van der Waals surface area contributed by atoms with Gasteiger partial charge < -0.3 is 0 Å². The van der Waals surface area contributed by atoms with Crippen molar-refractivity contribution in [3.05, 3.63) is 12.2 Å². The zero-order chi connectivity index (χ0) is 8.85. The Bertz CT molecular complexity index is 147. The van der Waals surface area contributed by atoms with Gasteiger partial charge in [0.1, 0.15) is 5.78 Å². The Balaban J connectivity index is 3.60. The molecular weight excluding hydrogens is 136 g/mol. The summed E-state index contributed by atoms with van der Waals surface area (Å²) in [5, 5.41) is 0. The molecule has 1 unspecified atom stereocenters. The first-order chi connectivity index (χ1) is 5.06. The normalized spacial score (nSPS) is 12.6. The van der Waals surface area contributed by atoms with Crippen LogP contribution in [0.2, 0.25) is 0 Å². The third-order valence-corrected chi connectivity index (χ3v) is 1.67. The molecule has 11 heavy (non-hydrogen) atoms. The van der Waals surface area contributed by atoms with Crippen LogP contribution in [0.5, 0.6) is 0 Å². The SMILES string of the molecule is C=C(C)CC(C)CC(=O)CC. The van der Waals surface area contributed by atoms with Gasteiger partial charge in [-0.3, -0.25) is 4.79 Å². The molecule has 1 heteroatoms. The summed E-state index contributed by atoms with van der Waals surface area (Å²) in [5.41, 5.74) is 1.17. The third-order valence-electron chi connectivity index (χ3n) is 1.67. The van der Waals surface area contributed by atoms with Crippen molar-refractivity contribution in [2.75, 3.05) is 0 Å². The number of carbonyl (C=O) groups excluding carboxylic acids is 1. The van der Waals surface area contributed by atoms with Crippen molar-refractivity contribution in [1.29, 1.82) is 0 Å². The molecule has 0 N–H and O–H groups in total. The minimum absolute atomic E-state index is 0.360. The van der Waals surface area contributed by atoms with E-state index in [1.54, 1.807) is 0 Å². The van der Waals surface area contributed by atoms with Crippen LogP contribution in [0.1, 0.15) is 40.0 Å². The Kier molecular flexibility index (Phi) is 4.84. The van der Waals surface area contributed by atoms with Crippen LogP contribution in [0.25, 0.3) is 0 Å². The summed E-state index contributed by atoms with van der Waals surface area (Å²) >= 11 is 0. The van der Waals surface area contributed by atoms with E-state index in [4.69, 9.17) is 0 Å². The van der Waals surface area contributed by atoms with Gasteiger partial charge in [0, 0.05) is 12.8 Å². The largest absolute Gasteiger partial charge is 0.300 e. The molecule has 0 rings (SSSR count). The van der Waals surface area contributed by atoms with Gasteiger partial charge in [-0.1, -0.05) is 19.4 Å². The second-order valence-corrected chi connectivity index (χ2v) is 3.36. The Morgan fingerprint density at radius 1 is 1.45 bits per heavy atom. The predicted octanol–water partition coefficient (Wildman–Crippen LogP) is 2.96. The van der Waals surface area contributed by atoms with Crippen molar-refractivity contribution < 1.29 is 4.79 Å². The maximum absolute atomic E-state index is 11.0. The van der Waals surface area contributed by atoms with E-state index in [-0.39, 0.29) is 0 Å². The summed E-state index contributed by atoms with van der Waals surface area (Å²) in [7, 11) is 0. The molecule has 0 aromatic carbocycles. The highest BCUT2D eigenvalue weighted by Crippen LogP contribution is 2.13. The van der Waals surface area contributed by atoms with Crippen LogP contribution in [-0.4, -0.2) is 5.78 Å². The first kappa shape index (κ1) is 10.4. The molecule has 0 saturated heterocycles. The Labute approximate surface area is 69.5 Å². The first-order valence-electron chi connectivity index (χ1n) is 4.22. The number of rotatable bonds is 5. The summed E-state index contributed by atoms with van der Waals surface area (Å²) in [6.45, 7) is 9.84. The van der Waals surface area contributed by atoms with Gasteiger partial charge in [0.15, 0.2) is 0 Å². The fraction of sp³-hybridized carbons (Fsp3) is 0.700. The van der Waals surface area contributed by atoms with Gasteiger partial charge in [0.25, 0.3) is 0 Å². The topological polar surface area (TPSA) is 17.1 Å². The van der Waals surface area contributed by atoms with Crippen LogP contribution in [0.4, 0.5) is 0 Å². The molecule has 0 bridgehead atoms. The standard InChI is InChI=1S/C10H18O/c1-5-10(11)7-9(4)6-8(2)3/h9H,2,5-7H2,1,3-4H3. The van der Waals surface area contributed by atoms with E-state index in [2.05, 4.69) is 13.5 Å². The molecular formula is C10H18O. The van der Waals surface area contributed by atoms with Crippen LogP contribution < -0.4 is 0 Å². The number of carbonyl (C=O) groups is 1. The summed E-state index contributed by atoms with van der Waals surface area (Å²) < 4.78 is 0. The highest BCUT2D eigenvalue weighted by molar-refractivity contribution is 5.78. The number of hydrogen-bond donors (Lipinski definition) is 0. The minimum Gasteiger partial charge on any atom is -0.300 e. The zero-order valence-corrected chi connectivity index (χ0v) is 7.81. The molecule has 0 aliphatic rings. The second kappa shape index (κ2) is 5.11. The smallest absolute Gasteiger partial charge is 0.132 e. The average molecular weight is 154 g/mol. The number of Topliss-reactive ketones (excluding diaryl/α,β-unsaturated/α-hetero) is 1. The molecule has 1 atom stereocenters. The fourth-order valence-corrected chi connectivity index (χ4v) is 1.20. The molecule has 0 amide bonds. The molecule has 0 spiro atoms. The highest BCUT2D eigenvalue weighted by atomic mass is 16.1. The van der Waals surface area contributed by atoms with Crippen LogP contribution in [0, 0.1) is 5.92 Å². The molecule has 0 radical (unpaired) electrons. The maximum Gasteiger partial charge on any atom is 0.132 e. The van der Waals surface area contributed by atoms with E-state index in [9.17, 15) is 4.79 Å². The highest BCUT2D eigenvalue weighted by Gasteiger charge is 2.06. The zero-order valence-electron chi connectivity index (χ0n) is 7.81. The lowest BCUT2D eigenvalue weighted by Gasteiger charge is -2.08. The summed E-state index contributed by atoms with van der Waals surface area (Å²) in [6.07, 6.45) is 2.36. The van der Waals surface area contributed by atoms with Crippen LogP contribution in [-0.2, 0) is 4.79 Å². The van der Waals surface area contributed by atoms with Crippen LogP contribution >= 0.6 is 0 Å². The molecule has 64 valence electrons. The van der Waals surface area contributed by atoms with E-state index in [0.29, 0.717) is 24.5 Å². The quantitative estimate of drug-likeness (QED) is 0.556. The molecule has 0 heterocycles. The van der Waals surface area contributed by atoms with Crippen molar-refractivity contribution in [2.24, 2.45) is 5.92 Å². The molecule has 0 aliphatic heterocycles. The van der Waals surface area contributed by atoms with Crippen molar-refractivity contribution >= 4 is 5.78 Å². The molecule has 0 saturated carbocycles. The minimum atomic E-state index is 0.360. The van der Waals surface area contributed by atoms with E-state index >= 15 is 0 Å². The van der Waals surface area contributed by atoms with Gasteiger partial charge in [0.05, 0.1) is 0 Å². The first-order valence-corrected chi connectivity index (χ1v) is 4.22. The summed E-state index contributed by atoms with van der Waals surface area (Å²) in [5.74, 6) is 0.832. The van der Waals surface area contributed by atoms with E-state index in [0.717, 1.165) is 6.42 Å². The molecule has 0 fully saturated rings. The van der Waals surface area contributed by atoms with Crippen molar-refractivity contribution in [3.63, 3.8) is 0 Å². The van der Waals surface area contributed by atoms with Gasteiger partial charge in [0.2, 0.25) is 0 Å². The number of ketones is 1. The second-order valence-electron chi connectivity index (χ2n) is 3.36. The summed E-state index contributed by atoms with van der Waals surface area (Å²) in [6, 6.07) is 0. The predicted molar refractivity (Wildman–Crippen MR) is 48.5 cm³/mol. The Hall–Kier alpha value is -0.590. The molecule has 0 aromatic heterocycles. The third kappa shape index (κ3) is 5.84. The monoisotopic (exact) mass is 154 g/mol. The average Bonchev–Trinajstić information content (AvgIpc) is 1.85. The lowest BCUT2D eigenvalue weighted by atomic mass is 9.97. The lowest BCUT2D eigenvalue weighted by molar-refractivity contribution is -0.119. The summed E-state index contributed by atoms with van der Waals surface area (Å²) in [4.78, 5) is 11.0. The van der Waals surface area contributed by atoms with Gasteiger partial charge in [-0.05, 0) is 19.3 Å².